The van der Waals surface area contributed by atoms with Crippen LogP contribution >= 0.6 is 0 Å². The minimum Gasteiger partial charge on any atom is -0.373 e. The average molecular weight is 400 g/mol. The molecule has 1 atom stereocenters. The molecular weight excluding hydrogens is 366 g/mol. The van der Waals surface area contributed by atoms with E-state index in [4.69, 9.17) is 9.97 Å². The van der Waals surface area contributed by atoms with Crippen molar-refractivity contribution in [2.24, 2.45) is 5.92 Å². The molecular formula is C22H33N5O2. The molecule has 0 aromatic carbocycles. The van der Waals surface area contributed by atoms with Gasteiger partial charge in [0.1, 0.15) is 11.6 Å². The van der Waals surface area contributed by atoms with E-state index in [2.05, 4.69) is 5.32 Å². The quantitative estimate of drug-likeness (QED) is 0.842. The Morgan fingerprint density at radius 2 is 1.86 bits per heavy atom. The van der Waals surface area contributed by atoms with Gasteiger partial charge >= 0.3 is 0 Å². The van der Waals surface area contributed by atoms with E-state index in [1.165, 1.54) is 25.7 Å². The summed E-state index contributed by atoms with van der Waals surface area (Å²) in [4.78, 5) is 38.2. The standard InChI is InChI=1S/C22H33N5O2/c1-15(28)26-11-9-19-18(14-26)22(23-2)25-21(24-19)17-8-5-10-27(13-17)20(29)12-16-6-3-4-7-16/h16-17H,3-14H2,1-2H3,(H,23,24,25)/t17-/m1/s1. The van der Waals surface area contributed by atoms with E-state index in [1.54, 1.807) is 6.92 Å². The molecule has 1 aromatic heterocycles. The van der Waals surface area contributed by atoms with Crippen LogP contribution in [0.3, 0.4) is 0 Å². The Bertz CT molecular complexity index is 757. The Morgan fingerprint density at radius 3 is 2.59 bits per heavy atom. The molecule has 158 valence electrons. The highest BCUT2D eigenvalue weighted by atomic mass is 16.2. The molecule has 29 heavy (non-hydrogen) atoms. The summed E-state index contributed by atoms with van der Waals surface area (Å²) in [5.41, 5.74) is 2.08. The summed E-state index contributed by atoms with van der Waals surface area (Å²) >= 11 is 0. The molecule has 0 unspecified atom stereocenters. The van der Waals surface area contributed by atoms with Gasteiger partial charge in [0.2, 0.25) is 11.8 Å². The van der Waals surface area contributed by atoms with Gasteiger partial charge in [0.25, 0.3) is 0 Å². The van der Waals surface area contributed by atoms with Crippen molar-refractivity contribution in [3.63, 3.8) is 0 Å². The fraction of sp³-hybridized carbons (Fsp3) is 0.727. The number of hydrogen-bond donors (Lipinski definition) is 1. The number of rotatable bonds is 4. The van der Waals surface area contributed by atoms with Crippen LogP contribution in [0.1, 0.15) is 74.9 Å². The molecule has 0 bridgehead atoms. The number of nitrogens with one attached hydrogen (secondary N) is 1. The van der Waals surface area contributed by atoms with Gasteiger partial charge in [-0.25, -0.2) is 9.97 Å². The number of nitrogens with zero attached hydrogens (tertiary/aromatic N) is 4. The normalized spacial score (nSPS) is 22.5. The minimum atomic E-state index is 0.0884. The molecule has 0 spiro atoms. The van der Waals surface area contributed by atoms with Gasteiger partial charge in [0.05, 0.1) is 12.2 Å². The molecule has 4 rings (SSSR count). The largest absolute Gasteiger partial charge is 0.373 e. The summed E-state index contributed by atoms with van der Waals surface area (Å²) < 4.78 is 0. The lowest BCUT2D eigenvalue weighted by molar-refractivity contribution is -0.133. The van der Waals surface area contributed by atoms with E-state index in [9.17, 15) is 9.59 Å². The van der Waals surface area contributed by atoms with Gasteiger partial charge < -0.3 is 15.1 Å². The van der Waals surface area contributed by atoms with Crippen LogP contribution in [-0.4, -0.2) is 58.3 Å². The number of aromatic nitrogens is 2. The van der Waals surface area contributed by atoms with E-state index >= 15 is 0 Å². The number of amides is 2. The van der Waals surface area contributed by atoms with Crippen LogP contribution < -0.4 is 5.32 Å². The average Bonchev–Trinajstić information content (AvgIpc) is 3.25. The number of hydrogen-bond acceptors (Lipinski definition) is 5. The molecule has 1 saturated heterocycles. The number of fused-ring (bicyclic) bond motifs is 1. The van der Waals surface area contributed by atoms with Gasteiger partial charge in [-0.1, -0.05) is 12.8 Å². The zero-order valence-electron chi connectivity index (χ0n) is 17.7. The monoisotopic (exact) mass is 399 g/mol. The first kappa shape index (κ1) is 20.1. The second kappa shape index (κ2) is 8.67. The maximum Gasteiger partial charge on any atom is 0.222 e. The van der Waals surface area contributed by atoms with Gasteiger partial charge in [-0.3, -0.25) is 9.59 Å². The van der Waals surface area contributed by atoms with Crippen molar-refractivity contribution >= 4 is 17.6 Å². The van der Waals surface area contributed by atoms with Gasteiger partial charge in [0, 0.05) is 57.9 Å². The number of likely N-dealkylation sites (tertiary alicyclic amines) is 1. The molecule has 3 aliphatic rings. The third kappa shape index (κ3) is 4.38. The molecule has 2 amide bonds. The van der Waals surface area contributed by atoms with Crippen molar-refractivity contribution < 1.29 is 9.59 Å². The van der Waals surface area contributed by atoms with E-state index in [0.717, 1.165) is 55.3 Å². The maximum absolute atomic E-state index is 12.8. The number of piperidine rings is 1. The second-order valence-electron chi connectivity index (χ2n) is 8.83. The summed E-state index contributed by atoms with van der Waals surface area (Å²) in [7, 11) is 1.87. The van der Waals surface area contributed by atoms with Crippen molar-refractivity contribution in [1.82, 2.24) is 19.8 Å². The summed E-state index contributed by atoms with van der Waals surface area (Å²) in [6.45, 7) is 4.47. The van der Waals surface area contributed by atoms with E-state index in [0.29, 0.717) is 31.3 Å². The van der Waals surface area contributed by atoms with Crippen LogP contribution in [0.15, 0.2) is 0 Å². The first-order valence-electron chi connectivity index (χ1n) is 11.2. The van der Waals surface area contributed by atoms with Gasteiger partial charge in [-0.2, -0.15) is 0 Å². The lowest BCUT2D eigenvalue weighted by Crippen LogP contribution is -2.40. The SMILES string of the molecule is CNc1nc([C@@H]2CCCN(C(=O)CC3CCCC3)C2)nc2c1CN(C(C)=O)CC2. The van der Waals surface area contributed by atoms with E-state index in [-0.39, 0.29) is 11.8 Å². The molecule has 1 aliphatic carbocycles. The third-order valence-electron chi connectivity index (χ3n) is 6.84. The molecule has 1 aromatic rings. The Morgan fingerprint density at radius 1 is 1.07 bits per heavy atom. The van der Waals surface area contributed by atoms with Crippen molar-refractivity contribution in [1.29, 1.82) is 0 Å². The summed E-state index contributed by atoms with van der Waals surface area (Å²) in [5, 5.41) is 3.21. The number of anilines is 1. The first-order chi connectivity index (χ1) is 14.0. The minimum absolute atomic E-state index is 0.0884. The highest BCUT2D eigenvalue weighted by Gasteiger charge is 2.31. The van der Waals surface area contributed by atoms with Gasteiger partial charge in [-0.05, 0) is 31.6 Å². The van der Waals surface area contributed by atoms with Crippen molar-refractivity contribution in [2.45, 2.75) is 70.8 Å². The fourth-order valence-electron chi connectivity index (χ4n) is 5.10. The topological polar surface area (TPSA) is 78.4 Å². The predicted octanol–water partition coefficient (Wildman–Crippen LogP) is 2.71. The van der Waals surface area contributed by atoms with Crippen LogP contribution in [0.4, 0.5) is 5.82 Å². The van der Waals surface area contributed by atoms with Crippen LogP contribution in [0, 0.1) is 5.92 Å². The molecule has 0 radical (unpaired) electrons. The Kier molecular flexibility index (Phi) is 6.01. The van der Waals surface area contributed by atoms with Crippen LogP contribution in [0.5, 0.6) is 0 Å². The molecule has 1 N–H and O–H groups in total. The highest BCUT2D eigenvalue weighted by molar-refractivity contribution is 5.76. The second-order valence-corrected chi connectivity index (χ2v) is 8.83. The third-order valence-corrected chi connectivity index (χ3v) is 6.84. The summed E-state index contributed by atoms with van der Waals surface area (Å²) in [6.07, 6.45) is 8.47. The fourth-order valence-corrected chi connectivity index (χ4v) is 5.10. The highest BCUT2D eigenvalue weighted by Crippen LogP contribution is 2.32. The number of carbonyl (C=O) groups excluding carboxylic acids is 2. The maximum atomic E-state index is 12.8. The summed E-state index contributed by atoms with van der Waals surface area (Å²) in [6, 6.07) is 0. The van der Waals surface area contributed by atoms with Crippen LogP contribution in [0.2, 0.25) is 0 Å². The Balaban J connectivity index is 1.49. The lowest BCUT2D eigenvalue weighted by atomic mass is 9.95. The molecule has 7 heteroatoms. The zero-order valence-corrected chi connectivity index (χ0v) is 17.7. The van der Waals surface area contributed by atoms with Crippen molar-refractivity contribution in [2.75, 3.05) is 32.0 Å². The van der Waals surface area contributed by atoms with Gasteiger partial charge in [0.15, 0.2) is 0 Å². The van der Waals surface area contributed by atoms with Gasteiger partial charge in [-0.15, -0.1) is 0 Å². The molecule has 7 nitrogen and oxygen atoms in total. The molecule has 2 aliphatic heterocycles. The predicted molar refractivity (Wildman–Crippen MR) is 112 cm³/mol. The Labute approximate surface area is 173 Å². The summed E-state index contributed by atoms with van der Waals surface area (Å²) in [5.74, 6) is 2.85. The number of carbonyl (C=O) groups is 2. The first-order valence-corrected chi connectivity index (χ1v) is 11.2. The molecule has 1 saturated carbocycles. The smallest absolute Gasteiger partial charge is 0.222 e. The van der Waals surface area contributed by atoms with Crippen molar-refractivity contribution in [3.8, 4) is 0 Å². The molecule has 3 heterocycles. The Hall–Kier alpha value is -2.18. The molecule has 2 fully saturated rings. The van der Waals surface area contributed by atoms with Crippen LogP contribution in [-0.2, 0) is 22.6 Å². The lowest BCUT2D eigenvalue weighted by Gasteiger charge is -2.34. The zero-order chi connectivity index (χ0) is 20.4. The van der Waals surface area contributed by atoms with Crippen molar-refractivity contribution in [3.05, 3.63) is 17.1 Å². The van der Waals surface area contributed by atoms with E-state index in [1.807, 2.05) is 16.8 Å². The van der Waals surface area contributed by atoms with Crippen LogP contribution in [0.25, 0.3) is 0 Å². The van der Waals surface area contributed by atoms with E-state index < -0.39 is 0 Å².